The van der Waals surface area contributed by atoms with E-state index in [4.69, 9.17) is 31.8 Å². The molecule has 11 rings (SSSR count). The van der Waals surface area contributed by atoms with Gasteiger partial charge in [-0.05, 0) is 76.6 Å². The molecule has 0 N–H and O–H groups in total. The summed E-state index contributed by atoms with van der Waals surface area (Å²) in [6.07, 6.45) is 0. The van der Waals surface area contributed by atoms with E-state index in [1.807, 2.05) is 0 Å². The maximum Gasteiger partial charge on any atom is 0.138 e. The summed E-state index contributed by atoms with van der Waals surface area (Å²) >= 11 is 0. The van der Waals surface area contributed by atoms with E-state index >= 15 is 0 Å². The Labute approximate surface area is 336 Å². The highest BCUT2D eigenvalue weighted by Gasteiger charge is 2.19. The molecule has 0 bridgehead atoms. The number of nitrogens with zero attached hydrogens (tertiary/aromatic N) is 2. The molecule has 3 heterocycles. The lowest BCUT2D eigenvalue weighted by Gasteiger charge is -2.12. The van der Waals surface area contributed by atoms with Gasteiger partial charge in [-0.25, -0.2) is 0 Å². The van der Waals surface area contributed by atoms with Crippen molar-refractivity contribution in [3.8, 4) is 33.6 Å². The van der Waals surface area contributed by atoms with Crippen molar-refractivity contribution in [1.29, 1.82) is 0 Å². The van der Waals surface area contributed by atoms with Crippen LogP contribution in [0.2, 0.25) is 0 Å². The highest BCUT2D eigenvalue weighted by Crippen LogP contribution is 2.42. The van der Waals surface area contributed by atoms with Gasteiger partial charge in [-0.1, -0.05) is 121 Å². The summed E-state index contributed by atoms with van der Waals surface area (Å²) < 4.78 is 278. The Kier molecular flexibility index (Phi) is 2.47. The molecule has 0 spiro atoms. The van der Waals surface area contributed by atoms with Crippen molar-refractivity contribution in [3.05, 3.63) is 181 Å². The Bertz CT molecular complexity index is 4820. The fourth-order valence-electron chi connectivity index (χ4n) is 6.22. The lowest BCUT2D eigenvalue weighted by molar-refractivity contribution is 0.668. The van der Waals surface area contributed by atoms with Gasteiger partial charge in [0.05, 0.1) is 68.9 Å². The van der Waals surface area contributed by atoms with E-state index in [2.05, 4.69) is 0 Å². The van der Waals surface area contributed by atoms with Crippen molar-refractivity contribution < 1.29 is 45.5 Å². The zero-order chi connectivity index (χ0) is 59.6. The molecule has 0 saturated heterocycles. The molecule has 3 heteroatoms. The van der Waals surface area contributed by atoms with Crippen LogP contribution in [-0.4, -0.2) is 9.13 Å². The summed E-state index contributed by atoms with van der Waals surface area (Å²) in [6, 6.07) is -28.1. The molecule has 0 radical (unpaired) electrons. The molecule has 0 atom stereocenters. The largest absolute Gasteiger partial charge is 0.456 e. The van der Waals surface area contributed by atoms with Crippen molar-refractivity contribution in [2.45, 2.75) is 0 Å². The monoisotopic (exact) mass is 680 g/mol. The molecule has 0 amide bonds. The van der Waals surface area contributed by atoms with Crippen LogP contribution < -0.4 is 0 Å². The number of furan rings is 1. The summed E-state index contributed by atoms with van der Waals surface area (Å²) in [6.45, 7) is 0. The summed E-state index contributed by atoms with van der Waals surface area (Å²) in [7, 11) is 0. The summed E-state index contributed by atoms with van der Waals surface area (Å²) in [5, 5.41) is -3.51. The van der Waals surface area contributed by atoms with E-state index in [0.717, 1.165) is 4.57 Å². The topological polar surface area (TPSA) is 23.0 Å². The third kappa shape index (κ3) is 4.19. The van der Waals surface area contributed by atoms with E-state index in [1.165, 1.54) is 0 Å². The summed E-state index contributed by atoms with van der Waals surface area (Å²) in [4.78, 5) is 0. The average Bonchev–Trinajstić information content (AvgIpc) is 2.86. The van der Waals surface area contributed by atoms with Gasteiger partial charge >= 0.3 is 0 Å². The fourth-order valence-corrected chi connectivity index (χ4v) is 6.22. The van der Waals surface area contributed by atoms with Crippen LogP contribution in [0.4, 0.5) is 0 Å². The molecule has 0 unspecified atom stereocenters. The van der Waals surface area contributed by atoms with Crippen LogP contribution in [-0.2, 0) is 0 Å². The van der Waals surface area contributed by atoms with Crippen LogP contribution >= 0.6 is 0 Å². The van der Waals surface area contributed by atoms with Gasteiger partial charge in [0.1, 0.15) is 11.2 Å². The first kappa shape index (κ1) is 11.6. The first-order valence-corrected chi connectivity index (χ1v) is 15.0. The highest BCUT2D eigenvalue weighted by molar-refractivity contribution is 6.15. The number of fused-ring (bicyclic) bond motifs is 9. The second kappa shape index (κ2) is 10.8. The van der Waals surface area contributed by atoms with E-state index < -0.39 is 280 Å². The number of hydrogen-bond acceptors (Lipinski definition) is 1. The molecular weight excluding hydrogens is 621 g/mol. The van der Waals surface area contributed by atoms with Crippen LogP contribution in [0.25, 0.3) is 99.2 Å². The van der Waals surface area contributed by atoms with Gasteiger partial charge in [-0.15, -0.1) is 0 Å². The van der Waals surface area contributed by atoms with Crippen molar-refractivity contribution in [1.82, 2.24) is 9.13 Å². The quantitative estimate of drug-likeness (QED) is 0.181. The Morgan fingerprint density at radius 1 is 0.353 bits per heavy atom. The van der Waals surface area contributed by atoms with Crippen molar-refractivity contribution in [3.63, 3.8) is 0 Å². The van der Waals surface area contributed by atoms with Crippen LogP contribution in [0.5, 0.6) is 0 Å². The maximum atomic E-state index is 10.0. The second-order valence-corrected chi connectivity index (χ2v) is 11.0. The lowest BCUT2D eigenvalue weighted by Crippen LogP contribution is -1.95. The number of para-hydroxylation sites is 4. The van der Waals surface area contributed by atoms with Crippen molar-refractivity contribution in [2.24, 2.45) is 0 Å². The van der Waals surface area contributed by atoms with Crippen LogP contribution in [0.15, 0.2) is 186 Å². The molecular formula is C48H30N2O. The first-order valence-electron chi connectivity index (χ1n) is 30.0. The van der Waals surface area contributed by atoms with Gasteiger partial charge in [-0.3, -0.25) is 0 Å². The average molecular weight is 681 g/mol. The number of benzene rings is 8. The van der Waals surface area contributed by atoms with Crippen LogP contribution in [0.3, 0.4) is 0 Å². The molecule has 0 saturated carbocycles. The molecule has 8 aromatic carbocycles. The summed E-state index contributed by atoms with van der Waals surface area (Å²) in [5.41, 5.74) is -9.04. The van der Waals surface area contributed by atoms with Crippen molar-refractivity contribution in [2.75, 3.05) is 0 Å². The van der Waals surface area contributed by atoms with Crippen molar-refractivity contribution >= 4 is 65.6 Å². The molecule has 3 nitrogen and oxygen atoms in total. The third-order valence-electron chi connectivity index (χ3n) is 8.31. The normalized spacial score (nSPS) is 20.2. The number of hydrogen-bond donors (Lipinski definition) is 0. The van der Waals surface area contributed by atoms with Gasteiger partial charge in [0.15, 0.2) is 0 Å². The van der Waals surface area contributed by atoms with Gasteiger partial charge in [-0.2, -0.15) is 0 Å². The molecule has 0 aliphatic carbocycles. The molecule has 0 fully saturated rings. The van der Waals surface area contributed by atoms with E-state index in [0.29, 0.717) is 4.57 Å². The Morgan fingerprint density at radius 2 is 0.922 bits per heavy atom. The Hall–Kier alpha value is -6.84. The van der Waals surface area contributed by atoms with Gasteiger partial charge in [0.2, 0.25) is 0 Å². The van der Waals surface area contributed by atoms with Crippen LogP contribution in [0, 0.1) is 0 Å². The molecule has 0 aliphatic rings. The molecule has 0 aliphatic heterocycles. The SMILES string of the molecule is [2H]c1c([2H])c([2H])c(-c2c([2H])c(-n3c4c([2H])c([2H])c([2H])c([2H])c4c4c([2H])c(-c5c([2H])c([2H])c6c7c([2H])c([2H])c([2H])c([2H])c7n(-c7c([2H])c([2H])c([2H])c([2H])c7[2H])c6c5[2H])c([2H])c([2H])c43)c([2H])c3oc4c([2H])c([2H])c([2H])c([2H])c4c23)c([2H])c1[2H]. The molecule has 11 aromatic rings. The molecule has 238 valence electrons. The lowest BCUT2D eigenvalue weighted by atomic mass is 9.98. The standard InChI is InChI=1S/C48H30N2O/c1-3-13-31(14-4-1)40-29-35(30-47-48(40)39-19-9-12-22-46(39)51-47)50-43-21-11-8-18-37(43)41-27-32(24-26-44(41)50)33-23-25-38-36-17-7-10-20-42(36)49(45(38)28-33)34-15-5-2-6-16-34/h1-30H/i1D,2D,3D,4D,5D,6D,7D,8D,9D,10D,11D,12D,13D,14D,15D,16D,17D,18D,19D,20D,21D,22D,23D,24D,25D,26D,27D,28D,29D,30D. The zero-order valence-corrected chi connectivity index (χ0v) is 25.3. The number of aromatic nitrogens is 2. The number of rotatable bonds is 4. The maximum absolute atomic E-state index is 10.0. The Balaban J connectivity index is 1.38. The fraction of sp³-hybridized carbons (Fsp3) is 0. The van der Waals surface area contributed by atoms with E-state index in [1.54, 1.807) is 0 Å². The molecule has 3 aromatic heterocycles. The minimum absolute atomic E-state index is 0.505. The second-order valence-electron chi connectivity index (χ2n) is 11.0. The third-order valence-corrected chi connectivity index (χ3v) is 8.31. The minimum atomic E-state index is -1.11. The van der Waals surface area contributed by atoms with Gasteiger partial charge in [0.25, 0.3) is 0 Å². The highest BCUT2D eigenvalue weighted by atomic mass is 16.3. The van der Waals surface area contributed by atoms with Gasteiger partial charge in [0, 0.05) is 44.0 Å². The van der Waals surface area contributed by atoms with Gasteiger partial charge < -0.3 is 13.6 Å². The predicted octanol–water partition coefficient (Wildman–Crippen LogP) is 13.1. The van der Waals surface area contributed by atoms with Crippen LogP contribution in [0.1, 0.15) is 41.1 Å². The Morgan fingerprint density at radius 3 is 1.71 bits per heavy atom. The zero-order valence-electron chi connectivity index (χ0n) is 55.3. The minimum Gasteiger partial charge on any atom is -0.456 e. The summed E-state index contributed by atoms with van der Waals surface area (Å²) in [5.74, 6) is 0. The van der Waals surface area contributed by atoms with E-state index in [9.17, 15) is 13.7 Å². The predicted molar refractivity (Wildman–Crippen MR) is 213 cm³/mol. The first-order chi connectivity index (χ1) is 37.8. The molecule has 51 heavy (non-hydrogen) atoms. The van der Waals surface area contributed by atoms with E-state index in [-0.39, 0.29) is 0 Å². The smallest absolute Gasteiger partial charge is 0.138 e.